The van der Waals surface area contributed by atoms with E-state index in [1.807, 2.05) is 0 Å². The Bertz CT molecular complexity index is 493. The number of hydrogen-bond donors (Lipinski definition) is 1. The minimum atomic E-state index is -3.82. The summed E-state index contributed by atoms with van der Waals surface area (Å²) in [6.07, 6.45) is 1.34. The van der Waals surface area contributed by atoms with E-state index in [4.69, 9.17) is 5.11 Å². The molecule has 0 aliphatic carbocycles. The van der Waals surface area contributed by atoms with E-state index in [1.165, 1.54) is 38.0 Å². The van der Waals surface area contributed by atoms with E-state index in [-0.39, 0.29) is 5.03 Å². The van der Waals surface area contributed by atoms with E-state index in [0.29, 0.717) is 0 Å². The Morgan fingerprint density at radius 2 is 2.19 bits per heavy atom. The number of hydrogen-bond acceptors (Lipinski definition) is 4. The summed E-state index contributed by atoms with van der Waals surface area (Å²) in [7, 11) is -1.12. The van der Waals surface area contributed by atoms with Gasteiger partial charge in [-0.1, -0.05) is 0 Å². The molecule has 0 aromatic carbocycles. The van der Waals surface area contributed by atoms with Crippen LogP contribution in [0.15, 0.2) is 17.3 Å². The van der Waals surface area contributed by atoms with Gasteiger partial charge in [-0.2, -0.15) is 9.40 Å². The van der Waals surface area contributed by atoms with Gasteiger partial charge >= 0.3 is 5.97 Å². The number of nitrogens with zero attached hydrogens (tertiary/aromatic N) is 3. The molecule has 1 aromatic heterocycles. The highest BCUT2D eigenvalue weighted by Gasteiger charge is 2.31. The third-order valence-corrected chi connectivity index (χ3v) is 4.33. The normalized spacial score (nSPS) is 14.0. The Morgan fingerprint density at radius 3 is 2.56 bits per heavy atom. The molecule has 0 fully saturated rings. The molecule has 7 nitrogen and oxygen atoms in total. The zero-order valence-corrected chi connectivity index (χ0v) is 9.97. The molecule has 16 heavy (non-hydrogen) atoms. The van der Waals surface area contributed by atoms with E-state index < -0.39 is 22.0 Å². The first-order chi connectivity index (χ1) is 7.28. The molecule has 1 heterocycles. The second-order valence-electron chi connectivity index (χ2n) is 3.33. The van der Waals surface area contributed by atoms with Gasteiger partial charge in [0, 0.05) is 14.1 Å². The first kappa shape index (κ1) is 12.7. The third kappa shape index (κ3) is 2.07. The molecule has 0 saturated carbocycles. The predicted molar refractivity (Wildman–Crippen MR) is 55.3 cm³/mol. The van der Waals surface area contributed by atoms with Crippen molar-refractivity contribution in [2.45, 2.75) is 18.0 Å². The first-order valence-electron chi connectivity index (χ1n) is 4.47. The van der Waals surface area contributed by atoms with Crippen molar-refractivity contribution < 1.29 is 18.3 Å². The van der Waals surface area contributed by atoms with Crippen LogP contribution in [0, 0.1) is 0 Å². The smallest absolute Gasteiger partial charge is 0.321 e. The highest BCUT2D eigenvalue weighted by molar-refractivity contribution is 7.89. The Hall–Kier alpha value is -1.41. The molecule has 0 aliphatic rings. The standard InChI is InChI=1S/C8H13N3O4S/c1-6(8(12)13)11(3)16(14,15)7-4-5-9-10(7)2/h4-6H,1-3H3,(H,12,13). The minimum Gasteiger partial charge on any atom is -0.480 e. The average molecular weight is 247 g/mol. The summed E-state index contributed by atoms with van der Waals surface area (Å²) in [6.45, 7) is 1.30. The average Bonchev–Trinajstić information content (AvgIpc) is 2.62. The Morgan fingerprint density at radius 1 is 1.62 bits per heavy atom. The van der Waals surface area contributed by atoms with Gasteiger partial charge in [0.05, 0.1) is 6.20 Å². The van der Waals surface area contributed by atoms with Crippen molar-refractivity contribution in [1.82, 2.24) is 14.1 Å². The van der Waals surface area contributed by atoms with E-state index in [0.717, 1.165) is 4.31 Å². The lowest BCUT2D eigenvalue weighted by atomic mass is 10.4. The lowest BCUT2D eigenvalue weighted by Gasteiger charge is -2.20. The molecular formula is C8H13N3O4S. The molecule has 1 aromatic rings. The zero-order chi connectivity index (χ0) is 12.5. The van der Waals surface area contributed by atoms with E-state index in [1.54, 1.807) is 0 Å². The Kier molecular flexibility index (Phi) is 3.34. The Labute approximate surface area is 93.3 Å². The molecule has 0 spiro atoms. The molecule has 8 heteroatoms. The number of aromatic nitrogens is 2. The Balaban J connectivity index is 3.13. The molecule has 0 saturated heterocycles. The zero-order valence-electron chi connectivity index (χ0n) is 9.15. The summed E-state index contributed by atoms with van der Waals surface area (Å²) < 4.78 is 25.9. The molecule has 90 valence electrons. The summed E-state index contributed by atoms with van der Waals surface area (Å²) >= 11 is 0. The number of carboxylic acids is 1. The van der Waals surface area contributed by atoms with E-state index in [2.05, 4.69) is 5.10 Å². The fraction of sp³-hybridized carbons (Fsp3) is 0.500. The molecule has 1 unspecified atom stereocenters. The summed E-state index contributed by atoms with van der Waals surface area (Å²) in [5.41, 5.74) is 0. The lowest BCUT2D eigenvalue weighted by molar-refractivity contribution is -0.140. The van der Waals surface area contributed by atoms with Crippen LogP contribution in [0.2, 0.25) is 0 Å². The maximum Gasteiger partial charge on any atom is 0.321 e. The number of carbonyl (C=O) groups is 1. The van der Waals surface area contributed by atoms with Gasteiger partial charge in [0.25, 0.3) is 10.0 Å². The number of aliphatic carboxylic acids is 1. The second-order valence-corrected chi connectivity index (χ2v) is 5.27. The molecular weight excluding hydrogens is 234 g/mol. The number of rotatable bonds is 4. The molecule has 0 bridgehead atoms. The lowest BCUT2D eigenvalue weighted by Crippen LogP contribution is -2.40. The fourth-order valence-corrected chi connectivity index (χ4v) is 2.54. The van der Waals surface area contributed by atoms with Crippen LogP contribution in [0.4, 0.5) is 0 Å². The van der Waals surface area contributed by atoms with Crippen molar-refractivity contribution in [2.24, 2.45) is 7.05 Å². The minimum absolute atomic E-state index is 0.0388. The van der Waals surface area contributed by atoms with Gasteiger partial charge < -0.3 is 5.11 Å². The number of carboxylic acid groups (broad SMARTS) is 1. The SMILES string of the molecule is CC(C(=O)O)N(C)S(=O)(=O)c1ccnn1C. The maximum atomic E-state index is 12.0. The van der Waals surface area contributed by atoms with Crippen molar-refractivity contribution in [3.05, 3.63) is 12.3 Å². The number of likely N-dealkylation sites (N-methyl/N-ethyl adjacent to an activating group) is 1. The van der Waals surface area contributed by atoms with Gasteiger partial charge in [-0.05, 0) is 13.0 Å². The van der Waals surface area contributed by atoms with Gasteiger partial charge in [0.15, 0.2) is 5.03 Å². The second kappa shape index (κ2) is 4.22. The first-order valence-corrected chi connectivity index (χ1v) is 5.91. The van der Waals surface area contributed by atoms with Crippen molar-refractivity contribution in [3.8, 4) is 0 Å². The highest BCUT2D eigenvalue weighted by Crippen LogP contribution is 2.15. The monoisotopic (exact) mass is 247 g/mol. The summed E-state index contributed by atoms with van der Waals surface area (Å²) in [5.74, 6) is -1.20. The van der Waals surface area contributed by atoms with E-state index >= 15 is 0 Å². The van der Waals surface area contributed by atoms with Gasteiger partial charge in [0.2, 0.25) is 0 Å². The van der Waals surface area contributed by atoms with Gasteiger partial charge in [0.1, 0.15) is 6.04 Å². The molecule has 1 rings (SSSR count). The van der Waals surface area contributed by atoms with Crippen LogP contribution >= 0.6 is 0 Å². The van der Waals surface area contributed by atoms with Crippen molar-refractivity contribution in [3.63, 3.8) is 0 Å². The fourth-order valence-electron chi connectivity index (χ4n) is 1.13. The predicted octanol–water partition coefficient (Wildman–Crippen LogP) is -0.486. The third-order valence-electron chi connectivity index (χ3n) is 2.32. The molecule has 1 atom stereocenters. The topological polar surface area (TPSA) is 92.5 Å². The van der Waals surface area contributed by atoms with Crippen LogP contribution < -0.4 is 0 Å². The molecule has 0 aliphatic heterocycles. The highest BCUT2D eigenvalue weighted by atomic mass is 32.2. The van der Waals surface area contributed by atoms with E-state index in [9.17, 15) is 13.2 Å². The summed E-state index contributed by atoms with van der Waals surface area (Å²) in [4.78, 5) is 10.7. The van der Waals surface area contributed by atoms with Crippen LogP contribution in [0.3, 0.4) is 0 Å². The largest absolute Gasteiger partial charge is 0.480 e. The van der Waals surface area contributed by atoms with Crippen molar-refractivity contribution >= 4 is 16.0 Å². The molecule has 0 radical (unpaired) electrons. The number of sulfonamides is 1. The van der Waals surface area contributed by atoms with Crippen LogP contribution in [-0.2, 0) is 21.9 Å². The van der Waals surface area contributed by atoms with Crippen LogP contribution in [-0.4, -0.2) is 46.7 Å². The summed E-state index contributed by atoms with van der Waals surface area (Å²) in [5, 5.41) is 12.4. The van der Waals surface area contributed by atoms with Gasteiger partial charge in [-0.3, -0.25) is 9.48 Å². The molecule has 0 amide bonds. The van der Waals surface area contributed by atoms with Crippen molar-refractivity contribution in [2.75, 3.05) is 7.05 Å². The van der Waals surface area contributed by atoms with Crippen LogP contribution in [0.25, 0.3) is 0 Å². The number of aryl methyl sites for hydroxylation is 1. The van der Waals surface area contributed by atoms with Crippen LogP contribution in [0.1, 0.15) is 6.92 Å². The van der Waals surface area contributed by atoms with Gasteiger partial charge in [-0.25, -0.2) is 8.42 Å². The van der Waals surface area contributed by atoms with Crippen molar-refractivity contribution in [1.29, 1.82) is 0 Å². The maximum absolute atomic E-state index is 12.0. The summed E-state index contributed by atoms with van der Waals surface area (Å²) in [6, 6.07) is 0.195. The van der Waals surface area contributed by atoms with Gasteiger partial charge in [-0.15, -0.1) is 0 Å². The quantitative estimate of drug-likeness (QED) is 0.775. The van der Waals surface area contributed by atoms with Crippen LogP contribution in [0.5, 0.6) is 0 Å². The molecule has 1 N–H and O–H groups in total.